The fourth-order valence-corrected chi connectivity index (χ4v) is 4.26. The lowest BCUT2D eigenvalue weighted by Crippen LogP contribution is -2.44. The molecule has 1 amide bonds. The van der Waals surface area contributed by atoms with Crippen LogP contribution in [0.1, 0.15) is 49.5 Å². The van der Waals surface area contributed by atoms with Gasteiger partial charge in [0.1, 0.15) is 12.7 Å². The zero-order valence-corrected chi connectivity index (χ0v) is 20.5. The average molecular weight is 477 g/mol. The maximum Gasteiger partial charge on any atom is 0.407 e. The molecule has 0 saturated carbocycles. The lowest BCUT2D eigenvalue weighted by atomic mass is 9.98. The van der Waals surface area contributed by atoms with E-state index in [-0.39, 0.29) is 19.1 Å². The van der Waals surface area contributed by atoms with Crippen LogP contribution in [0.25, 0.3) is 11.1 Å². The van der Waals surface area contributed by atoms with Crippen molar-refractivity contribution in [3.63, 3.8) is 0 Å². The molecule has 0 spiro atoms. The summed E-state index contributed by atoms with van der Waals surface area (Å²) in [7, 11) is 1.52. The molecule has 1 aromatic heterocycles. The number of nitrogens with one attached hydrogen (secondary N) is 1. The van der Waals surface area contributed by atoms with Gasteiger partial charge in [0.15, 0.2) is 0 Å². The topological polar surface area (TPSA) is 89.9 Å². The van der Waals surface area contributed by atoms with E-state index in [1.807, 2.05) is 45.0 Å². The predicted octanol–water partition coefficient (Wildman–Crippen LogP) is 4.85. The first-order chi connectivity index (χ1) is 16.8. The van der Waals surface area contributed by atoms with Gasteiger partial charge in [-0.05, 0) is 49.1 Å². The van der Waals surface area contributed by atoms with Crippen LogP contribution in [0.3, 0.4) is 0 Å². The molecular weight excluding hydrogens is 444 g/mol. The number of nitrogens with zero attached hydrogens (tertiary/aromatic N) is 1. The lowest BCUT2D eigenvalue weighted by Gasteiger charge is -2.28. The summed E-state index contributed by atoms with van der Waals surface area (Å²) in [6.07, 6.45) is -0.140. The number of alkyl carbamates (subject to hydrolysis) is 1. The highest BCUT2D eigenvalue weighted by molar-refractivity contribution is 5.79. The minimum absolute atomic E-state index is 0.0480. The molecule has 1 aliphatic rings. The molecule has 0 saturated heterocycles. The third-order valence-corrected chi connectivity index (χ3v) is 6.03. The maximum atomic E-state index is 12.9. The number of amides is 1. The van der Waals surface area contributed by atoms with Crippen LogP contribution >= 0.6 is 0 Å². The normalized spacial score (nSPS) is 14.5. The van der Waals surface area contributed by atoms with Crippen molar-refractivity contribution in [2.45, 2.75) is 44.4 Å². The number of hydrogen-bond acceptors (Lipinski definition) is 6. The first kappa shape index (κ1) is 24.7. The molecule has 2 aromatic carbocycles. The molecule has 0 aliphatic heterocycles. The predicted molar refractivity (Wildman–Crippen MR) is 133 cm³/mol. The number of carbonyl (C=O) groups is 1. The van der Waals surface area contributed by atoms with E-state index in [1.165, 1.54) is 13.3 Å². The molecule has 7 nitrogen and oxygen atoms in total. The van der Waals surface area contributed by atoms with Crippen LogP contribution in [-0.4, -0.2) is 48.2 Å². The summed E-state index contributed by atoms with van der Waals surface area (Å²) in [5.74, 6) is 0.390. The van der Waals surface area contributed by atoms with Crippen molar-refractivity contribution >= 4 is 6.09 Å². The standard InChI is InChI=1S/C28H32N2O5/c1-28(2,3)35-17-24(26(31)18-13-14-25(33-4)29-15-18)30-27(32)34-16-23-21-11-7-5-9-19(21)20-10-6-8-12-22(20)23/h5-15,23-24,26,31H,16-17H2,1-4H3,(H,30,32)/t24-,26-/m1/s1. The van der Waals surface area contributed by atoms with Crippen LogP contribution in [-0.2, 0) is 9.47 Å². The van der Waals surface area contributed by atoms with Crippen molar-refractivity contribution < 1.29 is 24.1 Å². The molecule has 0 fully saturated rings. The Kier molecular flexibility index (Phi) is 7.38. The number of rotatable bonds is 8. The number of aromatic nitrogens is 1. The maximum absolute atomic E-state index is 12.9. The van der Waals surface area contributed by atoms with Crippen LogP contribution in [0.2, 0.25) is 0 Å². The Balaban J connectivity index is 1.46. The van der Waals surface area contributed by atoms with Crippen LogP contribution in [0.4, 0.5) is 4.79 Å². The number of aliphatic hydroxyl groups excluding tert-OH is 1. The third-order valence-electron chi connectivity index (χ3n) is 6.03. The van der Waals surface area contributed by atoms with Gasteiger partial charge >= 0.3 is 6.09 Å². The molecule has 0 radical (unpaired) electrons. The van der Waals surface area contributed by atoms with Crippen molar-refractivity contribution in [1.29, 1.82) is 0 Å². The zero-order chi connectivity index (χ0) is 25.0. The molecule has 0 unspecified atom stereocenters. The third kappa shape index (κ3) is 5.81. The lowest BCUT2D eigenvalue weighted by molar-refractivity contribution is -0.0353. The van der Waals surface area contributed by atoms with Crippen molar-refractivity contribution in [2.75, 3.05) is 20.3 Å². The second-order valence-corrected chi connectivity index (χ2v) is 9.58. The number of fused-ring (bicyclic) bond motifs is 3. The summed E-state index contributed by atoms with van der Waals surface area (Å²) in [6.45, 7) is 6.03. The fourth-order valence-electron chi connectivity index (χ4n) is 4.26. The number of methoxy groups -OCH3 is 1. The Bertz CT molecular complexity index is 1110. The van der Waals surface area contributed by atoms with E-state index < -0.39 is 23.8 Å². The van der Waals surface area contributed by atoms with E-state index in [4.69, 9.17) is 14.2 Å². The Labute approximate surface area is 206 Å². The summed E-state index contributed by atoms with van der Waals surface area (Å²) < 4.78 is 16.6. The molecule has 2 N–H and O–H groups in total. The van der Waals surface area contributed by atoms with Crippen molar-refractivity contribution in [3.05, 3.63) is 83.6 Å². The van der Waals surface area contributed by atoms with E-state index in [9.17, 15) is 9.90 Å². The van der Waals surface area contributed by atoms with Crippen molar-refractivity contribution in [1.82, 2.24) is 10.3 Å². The van der Waals surface area contributed by atoms with Crippen LogP contribution in [0, 0.1) is 0 Å². The number of pyridine rings is 1. The average Bonchev–Trinajstić information content (AvgIpc) is 3.18. The van der Waals surface area contributed by atoms with Gasteiger partial charge in [-0.1, -0.05) is 48.5 Å². The van der Waals surface area contributed by atoms with Gasteiger partial charge in [0.05, 0.1) is 25.4 Å². The van der Waals surface area contributed by atoms with Gasteiger partial charge < -0.3 is 24.6 Å². The second kappa shape index (κ2) is 10.5. The van der Waals surface area contributed by atoms with E-state index in [1.54, 1.807) is 12.1 Å². The molecule has 184 valence electrons. The van der Waals surface area contributed by atoms with Gasteiger partial charge in [-0.15, -0.1) is 0 Å². The molecule has 7 heteroatoms. The molecule has 3 aromatic rings. The minimum Gasteiger partial charge on any atom is -0.481 e. The Morgan fingerprint density at radius 1 is 1.03 bits per heavy atom. The molecule has 0 bridgehead atoms. The quantitative estimate of drug-likeness (QED) is 0.483. The minimum atomic E-state index is -1.05. The SMILES string of the molecule is COc1ccc([C@@H](O)[C@@H](COC(C)(C)C)NC(=O)OCC2c3ccccc3-c3ccccc32)cn1. The van der Waals surface area contributed by atoms with E-state index in [0.29, 0.717) is 11.4 Å². The Morgan fingerprint density at radius 2 is 1.66 bits per heavy atom. The van der Waals surface area contributed by atoms with Gasteiger partial charge in [0.25, 0.3) is 0 Å². The van der Waals surface area contributed by atoms with Gasteiger partial charge in [-0.25, -0.2) is 9.78 Å². The van der Waals surface area contributed by atoms with E-state index >= 15 is 0 Å². The van der Waals surface area contributed by atoms with Crippen LogP contribution < -0.4 is 10.1 Å². The molecule has 35 heavy (non-hydrogen) atoms. The number of hydrogen-bond donors (Lipinski definition) is 2. The first-order valence-electron chi connectivity index (χ1n) is 11.7. The molecule has 1 aliphatic carbocycles. The Morgan fingerprint density at radius 3 is 2.20 bits per heavy atom. The highest BCUT2D eigenvalue weighted by atomic mass is 16.6. The largest absolute Gasteiger partial charge is 0.481 e. The zero-order valence-electron chi connectivity index (χ0n) is 20.5. The molecular formula is C28H32N2O5. The smallest absolute Gasteiger partial charge is 0.407 e. The van der Waals surface area contributed by atoms with Crippen molar-refractivity contribution in [2.24, 2.45) is 0 Å². The van der Waals surface area contributed by atoms with E-state index in [2.05, 4.69) is 34.6 Å². The molecule has 1 heterocycles. The Hall–Kier alpha value is -3.42. The number of benzene rings is 2. The van der Waals surface area contributed by atoms with Gasteiger partial charge in [-0.2, -0.15) is 0 Å². The van der Waals surface area contributed by atoms with E-state index in [0.717, 1.165) is 22.3 Å². The number of aliphatic hydroxyl groups is 1. The van der Waals surface area contributed by atoms with Crippen LogP contribution in [0.15, 0.2) is 66.9 Å². The first-order valence-corrected chi connectivity index (χ1v) is 11.7. The fraction of sp³-hybridized carbons (Fsp3) is 0.357. The summed E-state index contributed by atoms with van der Waals surface area (Å²) in [5.41, 5.74) is 4.69. The van der Waals surface area contributed by atoms with Gasteiger partial charge in [0.2, 0.25) is 5.88 Å². The number of ether oxygens (including phenoxy) is 3. The summed E-state index contributed by atoms with van der Waals surface area (Å²) in [6, 6.07) is 19.0. The van der Waals surface area contributed by atoms with Crippen molar-refractivity contribution in [3.8, 4) is 17.0 Å². The molecule has 2 atom stereocenters. The summed E-state index contributed by atoms with van der Waals surface area (Å²) in [4.78, 5) is 17.0. The van der Waals surface area contributed by atoms with Crippen LogP contribution in [0.5, 0.6) is 5.88 Å². The summed E-state index contributed by atoms with van der Waals surface area (Å²) in [5, 5.41) is 13.8. The number of carbonyl (C=O) groups excluding carboxylic acids is 1. The second-order valence-electron chi connectivity index (χ2n) is 9.58. The highest BCUT2D eigenvalue weighted by Crippen LogP contribution is 2.44. The summed E-state index contributed by atoms with van der Waals surface area (Å²) >= 11 is 0. The van der Waals surface area contributed by atoms with Gasteiger partial charge in [0, 0.05) is 23.7 Å². The molecule has 4 rings (SSSR count). The highest BCUT2D eigenvalue weighted by Gasteiger charge is 2.30. The monoisotopic (exact) mass is 476 g/mol. The van der Waals surface area contributed by atoms with Gasteiger partial charge in [-0.3, -0.25) is 0 Å².